The standard InChI is InChI=1S/C21H21Cl2N5O.ClH/c22-15-3-6-19-14(7-15)9-24-12-20-26-27-21(28(19)20)13-1-4-17(5-2-13)29-18-8-16(23)10-25-11-18;/h3,6-8,10-11,13,17,24H,1-2,4-5,9,12H2;1H/t13-,17-;. The summed E-state index contributed by atoms with van der Waals surface area (Å²) in [7, 11) is 0. The first kappa shape index (κ1) is 21.4. The predicted molar refractivity (Wildman–Crippen MR) is 119 cm³/mol. The first-order chi connectivity index (χ1) is 14.2. The number of pyridine rings is 1. The average Bonchev–Trinajstić information content (AvgIpc) is 3.04. The van der Waals surface area contributed by atoms with Gasteiger partial charge in [-0.05, 0) is 49.4 Å². The van der Waals surface area contributed by atoms with E-state index in [0.29, 0.717) is 17.5 Å². The van der Waals surface area contributed by atoms with Crippen molar-refractivity contribution in [2.24, 2.45) is 0 Å². The van der Waals surface area contributed by atoms with Crippen LogP contribution in [0.15, 0.2) is 36.7 Å². The molecule has 0 unspecified atom stereocenters. The molecular formula is C21H22Cl3N5O. The Morgan fingerprint density at radius 2 is 1.80 bits per heavy atom. The van der Waals surface area contributed by atoms with E-state index in [4.69, 9.17) is 27.9 Å². The van der Waals surface area contributed by atoms with Crippen LogP contribution in [0, 0.1) is 0 Å². The summed E-state index contributed by atoms with van der Waals surface area (Å²) in [4.78, 5) is 4.10. The molecule has 1 fully saturated rings. The summed E-state index contributed by atoms with van der Waals surface area (Å²) in [6.45, 7) is 1.46. The van der Waals surface area contributed by atoms with Crippen molar-refractivity contribution in [3.05, 3.63) is 63.9 Å². The van der Waals surface area contributed by atoms with Crippen molar-refractivity contribution in [1.29, 1.82) is 0 Å². The third kappa shape index (κ3) is 4.28. The second-order valence-corrected chi connectivity index (χ2v) is 8.49. The number of nitrogens with zero attached hydrogens (tertiary/aromatic N) is 4. The molecule has 3 aromatic rings. The Balaban J connectivity index is 0.00000218. The highest BCUT2D eigenvalue weighted by molar-refractivity contribution is 6.30. The molecule has 3 heterocycles. The Bertz CT molecular complexity index is 1030. The summed E-state index contributed by atoms with van der Waals surface area (Å²) in [5.74, 6) is 3.07. The van der Waals surface area contributed by atoms with Crippen LogP contribution in [-0.4, -0.2) is 25.9 Å². The van der Waals surface area contributed by atoms with Crippen LogP contribution in [0.25, 0.3) is 5.69 Å². The topological polar surface area (TPSA) is 64.9 Å². The first-order valence-electron chi connectivity index (χ1n) is 9.88. The summed E-state index contributed by atoms with van der Waals surface area (Å²) in [5, 5.41) is 13.8. The number of benzene rings is 1. The van der Waals surface area contributed by atoms with E-state index in [1.807, 2.05) is 18.2 Å². The molecule has 0 atom stereocenters. The van der Waals surface area contributed by atoms with E-state index in [0.717, 1.165) is 60.3 Å². The number of aromatic nitrogens is 4. The molecule has 30 heavy (non-hydrogen) atoms. The van der Waals surface area contributed by atoms with Crippen molar-refractivity contribution in [1.82, 2.24) is 25.1 Å². The van der Waals surface area contributed by atoms with Gasteiger partial charge < -0.3 is 10.1 Å². The average molecular weight is 467 g/mol. The van der Waals surface area contributed by atoms with Crippen LogP contribution in [-0.2, 0) is 13.1 Å². The maximum atomic E-state index is 6.22. The summed E-state index contributed by atoms with van der Waals surface area (Å²) in [6.07, 6.45) is 7.44. The molecule has 0 bridgehead atoms. The number of fused-ring (bicyclic) bond motifs is 3. The minimum absolute atomic E-state index is 0. The zero-order valence-corrected chi connectivity index (χ0v) is 18.6. The number of halogens is 3. The number of rotatable bonds is 3. The fourth-order valence-electron chi connectivity index (χ4n) is 4.28. The second-order valence-electron chi connectivity index (χ2n) is 7.62. The van der Waals surface area contributed by atoms with Crippen molar-refractivity contribution in [3.63, 3.8) is 0 Å². The van der Waals surface area contributed by atoms with Crippen LogP contribution < -0.4 is 10.1 Å². The molecular weight excluding hydrogens is 445 g/mol. The van der Waals surface area contributed by atoms with Crippen LogP contribution in [0.4, 0.5) is 0 Å². The lowest BCUT2D eigenvalue weighted by molar-refractivity contribution is 0.144. The smallest absolute Gasteiger partial charge is 0.151 e. The van der Waals surface area contributed by atoms with Crippen molar-refractivity contribution < 1.29 is 4.74 Å². The van der Waals surface area contributed by atoms with Crippen LogP contribution >= 0.6 is 35.6 Å². The van der Waals surface area contributed by atoms with Crippen LogP contribution in [0.1, 0.15) is 48.8 Å². The Hall–Kier alpha value is -1.86. The molecule has 0 saturated heterocycles. The lowest BCUT2D eigenvalue weighted by atomic mass is 9.86. The number of ether oxygens (including phenoxy) is 1. The highest BCUT2D eigenvalue weighted by Crippen LogP contribution is 2.36. The lowest BCUT2D eigenvalue weighted by Gasteiger charge is -2.29. The normalized spacial score (nSPS) is 20.5. The van der Waals surface area contributed by atoms with E-state index >= 15 is 0 Å². The molecule has 0 radical (unpaired) electrons. The van der Waals surface area contributed by atoms with Crippen molar-refractivity contribution in [3.8, 4) is 11.4 Å². The molecule has 2 aromatic heterocycles. The minimum atomic E-state index is 0. The molecule has 0 spiro atoms. The molecule has 1 aromatic carbocycles. The Labute approximate surface area is 191 Å². The van der Waals surface area contributed by atoms with Crippen molar-refractivity contribution in [2.45, 2.75) is 50.8 Å². The summed E-state index contributed by atoms with van der Waals surface area (Å²) >= 11 is 12.2. The number of hydrogen-bond acceptors (Lipinski definition) is 5. The summed E-state index contributed by atoms with van der Waals surface area (Å²) < 4.78 is 8.31. The van der Waals surface area contributed by atoms with Gasteiger partial charge in [0.05, 0.1) is 29.6 Å². The highest BCUT2D eigenvalue weighted by atomic mass is 35.5. The van der Waals surface area contributed by atoms with Crippen molar-refractivity contribution >= 4 is 35.6 Å². The Morgan fingerprint density at radius 3 is 2.60 bits per heavy atom. The molecule has 6 nitrogen and oxygen atoms in total. The van der Waals surface area contributed by atoms with Gasteiger partial charge in [0.1, 0.15) is 11.6 Å². The van der Waals surface area contributed by atoms with Gasteiger partial charge in [-0.15, -0.1) is 22.6 Å². The van der Waals surface area contributed by atoms with Gasteiger partial charge in [-0.2, -0.15) is 0 Å². The van der Waals surface area contributed by atoms with Gasteiger partial charge in [-0.1, -0.05) is 23.2 Å². The van der Waals surface area contributed by atoms with E-state index in [1.165, 1.54) is 5.56 Å². The fraction of sp³-hybridized carbons (Fsp3) is 0.381. The third-order valence-electron chi connectivity index (χ3n) is 5.66. The van der Waals surface area contributed by atoms with E-state index in [-0.39, 0.29) is 18.5 Å². The summed E-state index contributed by atoms with van der Waals surface area (Å²) in [6, 6.07) is 7.84. The maximum Gasteiger partial charge on any atom is 0.151 e. The van der Waals surface area contributed by atoms with Crippen LogP contribution in [0.2, 0.25) is 10.0 Å². The molecule has 1 aliphatic carbocycles. The first-order valence-corrected chi connectivity index (χ1v) is 10.6. The van der Waals surface area contributed by atoms with E-state index in [2.05, 4.69) is 31.1 Å². The molecule has 1 aliphatic heterocycles. The largest absolute Gasteiger partial charge is 0.489 e. The Morgan fingerprint density at radius 1 is 0.967 bits per heavy atom. The van der Waals surface area contributed by atoms with Crippen LogP contribution in [0.3, 0.4) is 0 Å². The lowest BCUT2D eigenvalue weighted by Crippen LogP contribution is -2.25. The quantitative estimate of drug-likeness (QED) is 0.582. The van der Waals surface area contributed by atoms with Gasteiger partial charge >= 0.3 is 0 Å². The van der Waals surface area contributed by atoms with E-state index in [9.17, 15) is 0 Å². The molecule has 158 valence electrons. The molecule has 2 aliphatic rings. The number of hydrogen-bond donors (Lipinski definition) is 1. The zero-order chi connectivity index (χ0) is 19.8. The van der Waals surface area contributed by atoms with Crippen molar-refractivity contribution in [2.75, 3.05) is 0 Å². The minimum Gasteiger partial charge on any atom is -0.489 e. The predicted octanol–water partition coefficient (Wildman–Crippen LogP) is 5.10. The second kappa shape index (κ2) is 9.10. The van der Waals surface area contributed by atoms with Gasteiger partial charge in [-0.25, -0.2) is 0 Å². The van der Waals surface area contributed by atoms with Crippen LogP contribution in [0.5, 0.6) is 5.75 Å². The third-order valence-corrected chi connectivity index (χ3v) is 6.10. The SMILES string of the molecule is Cl.Clc1cncc(O[C@H]2CC[C@H](c3nnc4n3-c3ccc(Cl)cc3CNC4)CC2)c1. The van der Waals surface area contributed by atoms with Gasteiger partial charge in [-0.3, -0.25) is 9.55 Å². The molecule has 5 rings (SSSR count). The molecule has 1 saturated carbocycles. The highest BCUT2D eigenvalue weighted by Gasteiger charge is 2.30. The van der Waals surface area contributed by atoms with Gasteiger partial charge in [0.25, 0.3) is 0 Å². The van der Waals surface area contributed by atoms with Gasteiger partial charge in [0, 0.05) is 29.7 Å². The maximum absolute atomic E-state index is 6.22. The monoisotopic (exact) mass is 465 g/mol. The molecule has 1 N–H and O–H groups in total. The van der Waals surface area contributed by atoms with Gasteiger partial charge in [0.15, 0.2) is 5.82 Å². The fourth-order valence-corrected chi connectivity index (χ4v) is 4.64. The van der Waals surface area contributed by atoms with Gasteiger partial charge in [0.2, 0.25) is 0 Å². The summed E-state index contributed by atoms with van der Waals surface area (Å²) in [5.41, 5.74) is 2.29. The molecule has 0 amide bonds. The van der Waals surface area contributed by atoms with E-state index in [1.54, 1.807) is 12.4 Å². The zero-order valence-electron chi connectivity index (χ0n) is 16.2. The van der Waals surface area contributed by atoms with E-state index < -0.39 is 0 Å². The number of nitrogens with one attached hydrogen (secondary N) is 1. The Kier molecular flexibility index (Phi) is 6.48. The molecule has 9 heteroatoms.